The Morgan fingerprint density at radius 1 is 1.50 bits per heavy atom. The van der Waals surface area contributed by atoms with Gasteiger partial charge in [-0.2, -0.15) is 0 Å². The molecule has 1 aromatic rings. The molecule has 0 atom stereocenters. The van der Waals surface area contributed by atoms with Gasteiger partial charge in [-0.15, -0.1) is 0 Å². The van der Waals surface area contributed by atoms with Crippen LogP contribution in [0.4, 0.5) is 0 Å². The second kappa shape index (κ2) is 5.40. The third-order valence-electron chi connectivity index (χ3n) is 1.82. The average Bonchev–Trinajstić information content (AvgIpc) is 2.18. The van der Waals surface area contributed by atoms with Crippen LogP contribution >= 0.6 is 0 Å². The van der Waals surface area contributed by atoms with Gasteiger partial charge in [-0.05, 0) is 24.1 Å². The maximum Gasteiger partial charge on any atom is 0.311 e. The minimum atomic E-state index is -0.193. The van der Waals surface area contributed by atoms with Crippen molar-refractivity contribution in [3.8, 4) is 5.75 Å². The van der Waals surface area contributed by atoms with Crippen molar-refractivity contribution >= 4 is 5.97 Å². The van der Waals surface area contributed by atoms with E-state index in [1.165, 1.54) is 0 Å². The highest BCUT2D eigenvalue weighted by molar-refractivity contribution is 5.72. The summed E-state index contributed by atoms with van der Waals surface area (Å²) < 4.78 is 5.10. The summed E-state index contributed by atoms with van der Waals surface area (Å²) in [5, 5.41) is 0. The number of hydrogen-bond acceptors (Lipinski definition) is 3. The van der Waals surface area contributed by atoms with E-state index < -0.39 is 0 Å². The van der Waals surface area contributed by atoms with Crippen LogP contribution in [0.15, 0.2) is 24.3 Å². The zero-order valence-electron chi connectivity index (χ0n) is 8.32. The van der Waals surface area contributed by atoms with Crippen molar-refractivity contribution in [2.75, 3.05) is 0 Å². The van der Waals surface area contributed by atoms with Gasteiger partial charge in [-0.1, -0.05) is 19.1 Å². The third-order valence-corrected chi connectivity index (χ3v) is 1.82. The van der Waals surface area contributed by atoms with Crippen molar-refractivity contribution in [1.82, 2.24) is 0 Å². The van der Waals surface area contributed by atoms with Gasteiger partial charge in [0, 0.05) is 13.0 Å². The molecule has 0 aliphatic rings. The van der Waals surface area contributed by atoms with Crippen LogP contribution in [0, 0.1) is 0 Å². The van der Waals surface area contributed by atoms with Gasteiger partial charge in [-0.25, -0.2) is 0 Å². The number of hydrogen-bond donors (Lipinski definition) is 1. The lowest BCUT2D eigenvalue weighted by Crippen LogP contribution is -2.07. The summed E-state index contributed by atoms with van der Waals surface area (Å²) in [5.41, 5.74) is 6.43. The van der Waals surface area contributed by atoms with Crippen molar-refractivity contribution in [3.63, 3.8) is 0 Å². The Labute approximate surface area is 83.9 Å². The lowest BCUT2D eigenvalue weighted by Gasteiger charge is -2.04. The summed E-state index contributed by atoms with van der Waals surface area (Å²) in [6, 6.07) is 7.27. The molecule has 76 valence electrons. The predicted molar refractivity (Wildman–Crippen MR) is 54.9 cm³/mol. The van der Waals surface area contributed by atoms with Crippen LogP contribution in [0.3, 0.4) is 0 Å². The minimum Gasteiger partial charge on any atom is -0.427 e. The van der Waals surface area contributed by atoms with E-state index >= 15 is 0 Å². The molecule has 0 aliphatic heterocycles. The first-order valence-corrected chi connectivity index (χ1v) is 4.76. The first-order valence-electron chi connectivity index (χ1n) is 4.76. The Morgan fingerprint density at radius 3 is 2.93 bits per heavy atom. The molecule has 0 radical (unpaired) electrons. The SMILES string of the molecule is CCCC(=O)Oc1cccc(CN)c1. The zero-order valence-corrected chi connectivity index (χ0v) is 8.32. The summed E-state index contributed by atoms with van der Waals surface area (Å²) in [4.78, 5) is 11.2. The maximum absolute atomic E-state index is 11.2. The molecule has 0 unspecified atom stereocenters. The number of carbonyl (C=O) groups is 1. The molecule has 0 bridgehead atoms. The molecular formula is C11H15NO2. The monoisotopic (exact) mass is 193 g/mol. The molecule has 0 saturated carbocycles. The Kier molecular flexibility index (Phi) is 4.13. The highest BCUT2D eigenvalue weighted by Gasteiger charge is 2.02. The lowest BCUT2D eigenvalue weighted by atomic mass is 10.2. The van der Waals surface area contributed by atoms with Gasteiger partial charge in [0.2, 0.25) is 0 Å². The molecule has 0 amide bonds. The summed E-state index contributed by atoms with van der Waals surface area (Å²) in [6.45, 7) is 2.40. The number of esters is 1. The molecule has 3 nitrogen and oxygen atoms in total. The van der Waals surface area contributed by atoms with Crippen molar-refractivity contribution in [2.24, 2.45) is 5.73 Å². The van der Waals surface area contributed by atoms with Crippen LogP contribution in [-0.2, 0) is 11.3 Å². The van der Waals surface area contributed by atoms with E-state index in [1.54, 1.807) is 12.1 Å². The first kappa shape index (κ1) is 10.7. The van der Waals surface area contributed by atoms with Gasteiger partial charge in [0.25, 0.3) is 0 Å². The minimum absolute atomic E-state index is 0.193. The van der Waals surface area contributed by atoms with E-state index in [9.17, 15) is 4.79 Å². The Bertz CT molecular complexity index is 310. The van der Waals surface area contributed by atoms with Crippen LogP contribution in [0.25, 0.3) is 0 Å². The van der Waals surface area contributed by atoms with Gasteiger partial charge in [0.15, 0.2) is 0 Å². The van der Waals surface area contributed by atoms with Crippen LogP contribution in [-0.4, -0.2) is 5.97 Å². The number of benzene rings is 1. The topological polar surface area (TPSA) is 52.3 Å². The molecule has 1 rings (SSSR count). The van der Waals surface area contributed by atoms with Gasteiger partial charge >= 0.3 is 5.97 Å². The lowest BCUT2D eigenvalue weighted by molar-refractivity contribution is -0.134. The van der Waals surface area contributed by atoms with Crippen molar-refractivity contribution in [3.05, 3.63) is 29.8 Å². The molecule has 0 fully saturated rings. The highest BCUT2D eigenvalue weighted by atomic mass is 16.5. The second-order valence-corrected chi connectivity index (χ2v) is 3.08. The molecule has 1 aromatic carbocycles. The molecule has 0 aliphatic carbocycles. The number of ether oxygens (including phenoxy) is 1. The smallest absolute Gasteiger partial charge is 0.311 e. The van der Waals surface area contributed by atoms with Crippen molar-refractivity contribution in [2.45, 2.75) is 26.3 Å². The fourth-order valence-corrected chi connectivity index (χ4v) is 1.12. The van der Waals surface area contributed by atoms with Crippen molar-refractivity contribution in [1.29, 1.82) is 0 Å². The molecule has 0 saturated heterocycles. The zero-order chi connectivity index (χ0) is 10.4. The van der Waals surface area contributed by atoms with E-state index in [2.05, 4.69) is 0 Å². The summed E-state index contributed by atoms with van der Waals surface area (Å²) in [6.07, 6.45) is 1.25. The molecule has 2 N–H and O–H groups in total. The Balaban J connectivity index is 2.62. The highest BCUT2D eigenvalue weighted by Crippen LogP contribution is 2.13. The van der Waals surface area contributed by atoms with Crippen LogP contribution in [0.2, 0.25) is 0 Å². The molecule has 0 heterocycles. The average molecular weight is 193 g/mol. The molecule has 0 aromatic heterocycles. The second-order valence-electron chi connectivity index (χ2n) is 3.08. The van der Waals surface area contributed by atoms with E-state index in [0.717, 1.165) is 12.0 Å². The third kappa shape index (κ3) is 3.18. The van der Waals surface area contributed by atoms with Crippen LogP contribution in [0.1, 0.15) is 25.3 Å². The number of nitrogens with two attached hydrogens (primary N) is 1. The number of carbonyl (C=O) groups excluding carboxylic acids is 1. The van der Waals surface area contributed by atoms with E-state index in [4.69, 9.17) is 10.5 Å². The fraction of sp³-hybridized carbons (Fsp3) is 0.364. The first-order chi connectivity index (χ1) is 6.76. The normalized spacial score (nSPS) is 9.86. The summed E-state index contributed by atoms with van der Waals surface area (Å²) >= 11 is 0. The number of rotatable bonds is 4. The molecule has 0 spiro atoms. The van der Waals surface area contributed by atoms with Crippen LogP contribution in [0.5, 0.6) is 5.75 Å². The quantitative estimate of drug-likeness (QED) is 0.586. The van der Waals surface area contributed by atoms with E-state index in [0.29, 0.717) is 18.7 Å². The summed E-state index contributed by atoms with van der Waals surface area (Å²) in [5.74, 6) is 0.382. The molecule has 3 heteroatoms. The van der Waals surface area contributed by atoms with Crippen molar-refractivity contribution < 1.29 is 9.53 Å². The molecule has 14 heavy (non-hydrogen) atoms. The maximum atomic E-state index is 11.2. The van der Waals surface area contributed by atoms with E-state index in [-0.39, 0.29) is 5.97 Å². The largest absolute Gasteiger partial charge is 0.427 e. The standard InChI is InChI=1S/C11H15NO2/c1-2-4-11(13)14-10-6-3-5-9(7-10)8-12/h3,5-7H,2,4,8,12H2,1H3. The van der Waals surface area contributed by atoms with Gasteiger partial charge in [-0.3, -0.25) is 4.79 Å². The summed E-state index contributed by atoms with van der Waals surface area (Å²) in [7, 11) is 0. The predicted octanol–water partition coefficient (Wildman–Crippen LogP) is 1.85. The van der Waals surface area contributed by atoms with Gasteiger partial charge in [0.1, 0.15) is 5.75 Å². The fourth-order valence-electron chi connectivity index (χ4n) is 1.12. The Hall–Kier alpha value is -1.35. The van der Waals surface area contributed by atoms with Gasteiger partial charge < -0.3 is 10.5 Å². The van der Waals surface area contributed by atoms with Crippen LogP contribution < -0.4 is 10.5 Å². The van der Waals surface area contributed by atoms with E-state index in [1.807, 2.05) is 19.1 Å². The van der Waals surface area contributed by atoms with Gasteiger partial charge in [0.05, 0.1) is 0 Å². The Morgan fingerprint density at radius 2 is 2.29 bits per heavy atom. The molecular weight excluding hydrogens is 178 g/mol.